The molecule has 3 fully saturated rings. The van der Waals surface area contributed by atoms with Crippen molar-refractivity contribution in [2.75, 3.05) is 40.2 Å². The van der Waals surface area contributed by atoms with Gasteiger partial charge in [0.05, 0.1) is 12.8 Å². The lowest BCUT2D eigenvalue weighted by Crippen LogP contribution is -2.43. The highest BCUT2D eigenvalue weighted by atomic mass is 16.6. The number of anilines is 1. The molecule has 3 aliphatic carbocycles. The summed E-state index contributed by atoms with van der Waals surface area (Å²) in [5.41, 5.74) is 7.21. The maximum Gasteiger partial charge on any atom is 0.192 e. The molecule has 280 valence electrons. The number of phenols is 2. The quantitative estimate of drug-likeness (QED) is 0.0396. The Kier molecular flexibility index (Phi) is 12.6. The Balaban J connectivity index is 1.43. The van der Waals surface area contributed by atoms with Crippen LogP contribution in [0.2, 0.25) is 0 Å². The first-order valence-electron chi connectivity index (χ1n) is 18.5. The molecule has 2 aromatic carbocycles. The first kappa shape index (κ1) is 38.4. The molecule has 51 heavy (non-hydrogen) atoms. The minimum Gasteiger partial charge on any atom is -0.504 e. The number of carbonyl (C=O) groups excluding carboxylic acids is 1. The van der Waals surface area contributed by atoms with Crippen LogP contribution in [-0.2, 0) is 21.4 Å². The van der Waals surface area contributed by atoms with Crippen LogP contribution in [0.1, 0.15) is 94.6 Å². The zero-order valence-corrected chi connectivity index (χ0v) is 30.8. The maximum absolute atomic E-state index is 14.0. The molecule has 3 saturated carbocycles. The molecular weight excluding hydrogens is 648 g/mol. The zero-order chi connectivity index (χ0) is 36.6. The Morgan fingerprint density at radius 3 is 2.45 bits per heavy atom. The summed E-state index contributed by atoms with van der Waals surface area (Å²) in [6, 6.07) is 9.28. The van der Waals surface area contributed by atoms with Gasteiger partial charge in [0.1, 0.15) is 5.60 Å². The molecule has 0 amide bonds. The Labute approximate surface area is 302 Å². The number of guanidine groups is 1. The second-order valence-corrected chi connectivity index (χ2v) is 15.1. The molecule has 7 N–H and O–H groups in total. The van der Waals surface area contributed by atoms with E-state index in [2.05, 4.69) is 21.7 Å². The predicted molar refractivity (Wildman–Crippen MR) is 200 cm³/mol. The third-order valence-corrected chi connectivity index (χ3v) is 11.7. The second-order valence-electron chi connectivity index (χ2n) is 15.1. The number of nitrogens with two attached hydrogens (primary N) is 1. The predicted octanol–water partition coefficient (Wildman–Crippen LogP) is 6.09. The number of likely N-dealkylation sites (N-methyl/N-ethyl adjacent to an activating group) is 1. The lowest BCUT2D eigenvalue weighted by Gasteiger charge is -2.34. The molecule has 5 rings (SSSR count). The van der Waals surface area contributed by atoms with Crippen LogP contribution >= 0.6 is 0 Å². The smallest absolute Gasteiger partial charge is 0.192 e. The molecule has 3 atom stereocenters. The van der Waals surface area contributed by atoms with E-state index in [1.165, 1.54) is 14.2 Å². The van der Waals surface area contributed by atoms with E-state index in [1.54, 1.807) is 19.2 Å². The van der Waals surface area contributed by atoms with Crippen molar-refractivity contribution in [3.63, 3.8) is 0 Å². The van der Waals surface area contributed by atoms with Crippen LogP contribution in [0.15, 0.2) is 47.5 Å². The van der Waals surface area contributed by atoms with Crippen molar-refractivity contribution in [3.8, 4) is 23.0 Å². The number of rotatable bonds is 16. The van der Waals surface area contributed by atoms with Crippen molar-refractivity contribution in [2.45, 2.75) is 107 Å². The normalized spacial score (nSPS) is 23.5. The third kappa shape index (κ3) is 8.81. The van der Waals surface area contributed by atoms with Crippen LogP contribution in [0.3, 0.4) is 0 Å². The number of hydrogen-bond donors (Lipinski definition) is 6. The van der Waals surface area contributed by atoms with Gasteiger partial charge in [-0.05, 0) is 118 Å². The number of allylic oxidation sites excluding steroid dienone is 2. The van der Waals surface area contributed by atoms with Crippen molar-refractivity contribution < 1.29 is 34.3 Å². The number of aliphatic imine (C=N–C) groups is 1. The molecule has 0 spiro atoms. The molecular formula is C40H58N4O7. The number of aliphatic hydroxyl groups excluding tert-OH is 1. The number of carbonyl (C=O) groups is 1. The summed E-state index contributed by atoms with van der Waals surface area (Å²) in [6.07, 6.45) is 14.8. The highest BCUT2D eigenvalue weighted by molar-refractivity contribution is 5.95. The molecule has 2 aromatic rings. The van der Waals surface area contributed by atoms with E-state index in [0.29, 0.717) is 49.4 Å². The van der Waals surface area contributed by atoms with Gasteiger partial charge in [0, 0.05) is 32.5 Å². The van der Waals surface area contributed by atoms with Gasteiger partial charge < -0.3 is 45.9 Å². The van der Waals surface area contributed by atoms with Crippen LogP contribution < -0.4 is 25.8 Å². The van der Waals surface area contributed by atoms with E-state index in [-0.39, 0.29) is 34.6 Å². The first-order chi connectivity index (χ1) is 24.5. The van der Waals surface area contributed by atoms with Gasteiger partial charge >= 0.3 is 0 Å². The fraction of sp³-hybridized carbons (Fsp3) is 0.600. The van der Waals surface area contributed by atoms with E-state index in [4.69, 9.17) is 19.9 Å². The third-order valence-electron chi connectivity index (χ3n) is 11.7. The number of hydrogen-bond acceptors (Lipinski definition) is 9. The average molecular weight is 707 g/mol. The summed E-state index contributed by atoms with van der Waals surface area (Å²) in [4.78, 5) is 18.1. The summed E-state index contributed by atoms with van der Waals surface area (Å²) in [7, 11) is 6.52. The minimum atomic E-state index is -0.828. The van der Waals surface area contributed by atoms with Crippen LogP contribution in [0, 0.1) is 11.3 Å². The van der Waals surface area contributed by atoms with Crippen LogP contribution in [-0.4, -0.2) is 73.8 Å². The number of ether oxygens (including phenoxy) is 3. The van der Waals surface area contributed by atoms with E-state index in [9.17, 15) is 20.1 Å². The van der Waals surface area contributed by atoms with Gasteiger partial charge in [-0.1, -0.05) is 37.8 Å². The monoisotopic (exact) mass is 706 g/mol. The molecule has 11 heteroatoms. The van der Waals surface area contributed by atoms with E-state index >= 15 is 0 Å². The Morgan fingerprint density at radius 2 is 1.78 bits per heavy atom. The summed E-state index contributed by atoms with van der Waals surface area (Å²) in [5.74, 6) is 1.38. The van der Waals surface area contributed by atoms with Gasteiger partial charge in [-0.2, -0.15) is 0 Å². The fourth-order valence-corrected chi connectivity index (χ4v) is 8.92. The Morgan fingerprint density at radius 1 is 1.06 bits per heavy atom. The summed E-state index contributed by atoms with van der Waals surface area (Å²) < 4.78 is 17.3. The number of phenolic OH excluding ortho intramolecular Hbond substituents is 2. The van der Waals surface area contributed by atoms with E-state index < -0.39 is 17.3 Å². The summed E-state index contributed by atoms with van der Waals surface area (Å²) in [5, 5.41) is 38.2. The van der Waals surface area contributed by atoms with Crippen LogP contribution in [0.4, 0.5) is 5.69 Å². The zero-order valence-electron chi connectivity index (χ0n) is 30.8. The van der Waals surface area contributed by atoms with Gasteiger partial charge in [-0.15, -0.1) is 0 Å². The number of nitrogens with one attached hydrogen (secondary N) is 2. The van der Waals surface area contributed by atoms with Crippen LogP contribution in [0.25, 0.3) is 0 Å². The highest BCUT2D eigenvalue weighted by Crippen LogP contribution is 2.51. The standard InChI is InChI=1S/C40H58N4O7/c1-42-26-40(19-13-28(25-40)21-35(47)50-4)51-33-23-29(22-30(36(33)48)44-37(41)43-2)38(14-5-6-15-38)18-9-10-34(46)39(16-7-8-17-39)24-27-11-12-31(45)32(20-27)49-3/h9-12,20,22-23,28,35,42,45,47-48H,5-8,13-19,21,24-26H2,1-4H3,(H3,41,43,44)/t28-,35-,40-/m1/s1. The number of benzene rings is 2. The molecule has 0 radical (unpaired) electrons. The molecule has 0 saturated heterocycles. The highest BCUT2D eigenvalue weighted by Gasteiger charge is 2.44. The number of nitrogens with zero attached hydrogens (tertiary/aromatic N) is 1. The number of ketones is 1. The van der Waals surface area contributed by atoms with Gasteiger partial charge in [0.2, 0.25) is 0 Å². The number of aromatic hydroxyl groups is 2. The van der Waals surface area contributed by atoms with E-state index in [1.807, 2.05) is 31.3 Å². The van der Waals surface area contributed by atoms with Gasteiger partial charge in [0.25, 0.3) is 0 Å². The molecule has 0 aromatic heterocycles. The van der Waals surface area contributed by atoms with E-state index in [0.717, 1.165) is 75.3 Å². The topological polar surface area (TPSA) is 168 Å². The van der Waals surface area contributed by atoms with Gasteiger partial charge in [-0.25, -0.2) is 0 Å². The maximum atomic E-state index is 14.0. The van der Waals surface area contributed by atoms with Crippen molar-refractivity contribution in [2.24, 2.45) is 22.1 Å². The lowest BCUT2D eigenvalue weighted by atomic mass is 9.74. The SMILES string of the molecule is CN=C(N)Nc1cc(C2(CC=CC(=O)C3(Cc4ccc(O)c(OC)c4)CCCC3)CCCC2)cc(O[C@]2(CNC)CC[C@H](C[C@H](O)OC)C2)c1O. The molecule has 0 bridgehead atoms. The minimum absolute atomic E-state index is 0.0332. The Bertz CT molecular complexity index is 1560. The molecule has 3 aliphatic rings. The van der Waals surface area contributed by atoms with Gasteiger partial charge in [0.15, 0.2) is 41.0 Å². The number of methoxy groups -OCH3 is 2. The van der Waals surface area contributed by atoms with Crippen LogP contribution in [0.5, 0.6) is 23.0 Å². The van der Waals surface area contributed by atoms with Crippen molar-refractivity contribution >= 4 is 17.4 Å². The summed E-state index contributed by atoms with van der Waals surface area (Å²) >= 11 is 0. The molecule has 0 unspecified atom stereocenters. The first-order valence-corrected chi connectivity index (χ1v) is 18.5. The van der Waals surface area contributed by atoms with Gasteiger partial charge in [-0.3, -0.25) is 9.79 Å². The largest absolute Gasteiger partial charge is 0.504 e. The average Bonchev–Trinajstić information content (AvgIpc) is 3.89. The molecule has 11 nitrogen and oxygen atoms in total. The van der Waals surface area contributed by atoms with Crippen molar-refractivity contribution in [3.05, 3.63) is 53.6 Å². The molecule has 0 aliphatic heterocycles. The number of aliphatic hydroxyl groups is 1. The fourth-order valence-electron chi connectivity index (χ4n) is 8.92. The second kappa shape index (κ2) is 16.7. The summed E-state index contributed by atoms with van der Waals surface area (Å²) in [6.45, 7) is 0.576. The Hall–Kier alpha value is -3.80. The van der Waals surface area contributed by atoms with Crippen molar-refractivity contribution in [1.82, 2.24) is 5.32 Å². The molecule has 0 heterocycles. The van der Waals surface area contributed by atoms with Crippen molar-refractivity contribution in [1.29, 1.82) is 0 Å². The lowest BCUT2D eigenvalue weighted by molar-refractivity contribution is -0.123.